The van der Waals surface area contributed by atoms with E-state index in [-0.39, 0.29) is 5.82 Å². The van der Waals surface area contributed by atoms with Crippen molar-refractivity contribution in [3.63, 3.8) is 0 Å². The lowest BCUT2D eigenvalue weighted by Gasteiger charge is -2.28. The molecule has 1 aliphatic heterocycles. The lowest BCUT2D eigenvalue weighted by Crippen LogP contribution is -2.37. The lowest BCUT2D eigenvalue weighted by atomic mass is 10.4. The highest BCUT2D eigenvalue weighted by Gasteiger charge is 2.30. The second-order valence-corrected chi connectivity index (χ2v) is 4.19. The van der Waals surface area contributed by atoms with Crippen LogP contribution in [-0.4, -0.2) is 60.1 Å². The van der Waals surface area contributed by atoms with Crippen molar-refractivity contribution in [2.24, 2.45) is 0 Å². The molecule has 0 saturated carbocycles. The minimum atomic E-state index is -4.55. The van der Waals surface area contributed by atoms with Crippen molar-refractivity contribution < 1.29 is 32.5 Å². The fourth-order valence-corrected chi connectivity index (χ4v) is 1.71. The molecule has 2 heterocycles. The number of morpholine rings is 1. The largest absolute Gasteiger partial charge is 0.476 e. The zero-order chi connectivity index (χ0) is 15.5. The van der Waals surface area contributed by atoms with E-state index in [1.807, 2.05) is 0 Å². The number of carboxylic acids is 1. The summed E-state index contributed by atoms with van der Waals surface area (Å²) in [5, 5.41) is 8.82. The van der Waals surface area contributed by atoms with Crippen LogP contribution in [0.25, 0.3) is 0 Å². The van der Waals surface area contributed by atoms with Crippen LogP contribution in [0.4, 0.5) is 19.0 Å². The van der Waals surface area contributed by atoms with E-state index in [0.29, 0.717) is 26.3 Å². The van der Waals surface area contributed by atoms with Gasteiger partial charge in [-0.25, -0.2) is 14.8 Å². The highest BCUT2D eigenvalue weighted by atomic mass is 19.4. The van der Waals surface area contributed by atoms with E-state index in [4.69, 9.17) is 9.84 Å². The van der Waals surface area contributed by atoms with Crippen molar-refractivity contribution in [2.75, 3.05) is 37.8 Å². The van der Waals surface area contributed by atoms with Gasteiger partial charge in [-0.3, -0.25) is 0 Å². The maximum atomic E-state index is 12.3. The monoisotopic (exact) mass is 307 g/mol. The van der Waals surface area contributed by atoms with Crippen LogP contribution in [0.5, 0.6) is 5.88 Å². The molecule has 0 radical (unpaired) electrons. The van der Waals surface area contributed by atoms with Crippen LogP contribution in [0.2, 0.25) is 0 Å². The van der Waals surface area contributed by atoms with Gasteiger partial charge in [0.2, 0.25) is 0 Å². The highest BCUT2D eigenvalue weighted by molar-refractivity contribution is 5.85. The number of carboxylic acid groups (broad SMARTS) is 1. The Morgan fingerprint density at radius 1 is 1.43 bits per heavy atom. The number of carbonyl (C=O) groups is 1. The molecule has 0 aliphatic carbocycles. The number of anilines is 1. The summed E-state index contributed by atoms with van der Waals surface area (Å²) < 4.78 is 46.5. The number of aromatic nitrogens is 2. The Morgan fingerprint density at radius 3 is 2.67 bits per heavy atom. The third-order valence-electron chi connectivity index (χ3n) is 2.62. The molecule has 1 aliphatic rings. The number of hydrogen-bond donors (Lipinski definition) is 1. The Kier molecular flexibility index (Phi) is 4.46. The first-order valence-electron chi connectivity index (χ1n) is 5.99. The molecule has 1 N–H and O–H groups in total. The average molecular weight is 307 g/mol. The molecule has 0 unspecified atom stereocenters. The maximum absolute atomic E-state index is 12.3. The molecule has 0 aromatic carbocycles. The van der Waals surface area contributed by atoms with Crippen molar-refractivity contribution >= 4 is 11.8 Å². The first kappa shape index (κ1) is 15.3. The van der Waals surface area contributed by atoms with Crippen molar-refractivity contribution in [1.29, 1.82) is 0 Å². The van der Waals surface area contributed by atoms with Gasteiger partial charge in [-0.2, -0.15) is 13.2 Å². The number of aromatic carboxylic acids is 1. The number of hydrogen-bond acceptors (Lipinski definition) is 6. The van der Waals surface area contributed by atoms with Crippen molar-refractivity contribution in [3.8, 4) is 5.88 Å². The third kappa shape index (κ3) is 4.18. The Bertz CT molecular complexity index is 518. The minimum Gasteiger partial charge on any atom is -0.476 e. The molecule has 10 heteroatoms. The SMILES string of the molecule is O=C(O)c1cnc(N2CCOCC2)c(OCC(F)(F)F)n1. The van der Waals surface area contributed by atoms with Crippen LogP contribution < -0.4 is 9.64 Å². The highest BCUT2D eigenvalue weighted by Crippen LogP contribution is 2.26. The van der Waals surface area contributed by atoms with E-state index in [0.717, 1.165) is 6.20 Å². The first-order chi connectivity index (χ1) is 9.87. The standard InChI is InChI=1S/C11H12F3N3O4/c12-11(13,14)6-21-9-8(17-1-3-20-4-2-17)15-5-7(16-9)10(18)19/h5H,1-4,6H2,(H,18,19). The van der Waals surface area contributed by atoms with E-state index in [1.54, 1.807) is 4.90 Å². The lowest BCUT2D eigenvalue weighted by molar-refractivity contribution is -0.154. The maximum Gasteiger partial charge on any atom is 0.422 e. The Morgan fingerprint density at radius 2 is 2.10 bits per heavy atom. The van der Waals surface area contributed by atoms with Gasteiger partial charge in [0.25, 0.3) is 5.88 Å². The van der Waals surface area contributed by atoms with Crippen LogP contribution in [0.1, 0.15) is 10.5 Å². The molecule has 0 spiro atoms. The fourth-order valence-electron chi connectivity index (χ4n) is 1.71. The second kappa shape index (κ2) is 6.12. The number of nitrogens with zero attached hydrogens (tertiary/aromatic N) is 3. The summed E-state index contributed by atoms with van der Waals surface area (Å²) in [6.07, 6.45) is -3.57. The smallest absolute Gasteiger partial charge is 0.422 e. The molecule has 116 valence electrons. The summed E-state index contributed by atoms with van der Waals surface area (Å²) in [4.78, 5) is 19.9. The summed E-state index contributed by atoms with van der Waals surface area (Å²) in [7, 11) is 0. The van der Waals surface area contributed by atoms with E-state index in [9.17, 15) is 18.0 Å². The molecule has 1 aromatic rings. The van der Waals surface area contributed by atoms with Gasteiger partial charge in [-0.1, -0.05) is 0 Å². The topological polar surface area (TPSA) is 84.8 Å². The van der Waals surface area contributed by atoms with Gasteiger partial charge >= 0.3 is 12.1 Å². The Hall–Kier alpha value is -2.10. The Labute approximate surface area is 117 Å². The van der Waals surface area contributed by atoms with E-state index >= 15 is 0 Å². The fraction of sp³-hybridized carbons (Fsp3) is 0.545. The Balaban J connectivity index is 2.26. The molecular formula is C11H12F3N3O4. The van der Waals surface area contributed by atoms with Crippen LogP contribution >= 0.6 is 0 Å². The molecular weight excluding hydrogens is 295 g/mol. The van der Waals surface area contributed by atoms with Crippen LogP contribution in [0.3, 0.4) is 0 Å². The zero-order valence-corrected chi connectivity index (χ0v) is 10.8. The van der Waals surface area contributed by atoms with Gasteiger partial charge in [0.15, 0.2) is 18.1 Å². The summed E-state index contributed by atoms with van der Waals surface area (Å²) in [6.45, 7) is 0.0250. The molecule has 0 amide bonds. The molecule has 0 atom stereocenters. The van der Waals surface area contributed by atoms with Crippen LogP contribution in [0, 0.1) is 0 Å². The van der Waals surface area contributed by atoms with Crippen LogP contribution in [-0.2, 0) is 4.74 Å². The van der Waals surface area contributed by atoms with E-state index < -0.39 is 30.3 Å². The minimum absolute atomic E-state index is 0.0764. The molecule has 21 heavy (non-hydrogen) atoms. The summed E-state index contributed by atoms with van der Waals surface area (Å²) in [6, 6.07) is 0. The number of alkyl halides is 3. The van der Waals surface area contributed by atoms with Gasteiger partial charge < -0.3 is 19.5 Å². The normalized spacial score (nSPS) is 15.9. The quantitative estimate of drug-likeness (QED) is 0.886. The van der Waals surface area contributed by atoms with Crippen LogP contribution in [0.15, 0.2) is 6.20 Å². The van der Waals surface area contributed by atoms with Gasteiger partial charge in [0, 0.05) is 13.1 Å². The number of rotatable bonds is 4. The summed E-state index contributed by atoms with van der Waals surface area (Å²) in [5.74, 6) is -1.77. The van der Waals surface area contributed by atoms with E-state index in [1.165, 1.54) is 0 Å². The molecule has 1 saturated heterocycles. The van der Waals surface area contributed by atoms with E-state index in [2.05, 4.69) is 14.7 Å². The van der Waals surface area contributed by atoms with Crippen molar-refractivity contribution in [3.05, 3.63) is 11.9 Å². The van der Waals surface area contributed by atoms with Gasteiger partial charge in [0.05, 0.1) is 19.4 Å². The van der Waals surface area contributed by atoms with Crippen molar-refractivity contribution in [1.82, 2.24) is 9.97 Å². The van der Waals surface area contributed by atoms with Gasteiger partial charge in [-0.15, -0.1) is 0 Å². The molecule has 7 nitrogen and oxygen atoms in total. The first-order valence-corrected chi connectivity index (χ1v) is 5.99. The molecule has 1 fully saturated rings. The zero-order valence-electron chi connectivity index (χ0n) is 10.8. The predicted octanol–water partition coefficient (Wildman–Crippen LogP) is 0.953. The third-order valence-corrected chi connectivity index (χ3v) is 2.62. The number of ether oxygens (including phenoxy) is 2. The molecule has 2 rings (SSSR count). The number of halogens is 3. The summed E-state index contributed by atoms with van der Waals surface area (Å²) >= 11 is 0. The van der Waals surface area contributed by atoms with Gasteiger partial charge in [0.1, 0.15) is 0 Å². The van der Waals surface area contributed by atoms with Gasteiger partial charge in [-0.05, 0) is 0 Å². The second-order valence-electron chi connectivity index (χ2n) is 4.19. The molecule has 1 aromatic heterocycles. The average Bonchev–Trinajstić information content (AvgIpc) is 2.45. The summed E-state index contributed by atoms with van der Waals surface area (Å²) in [5.41, 5.74) is -0.482. The molecule has 0 bridgehead atoms. The predicted molar refractivity (Wildman–Crippen MR) is 63.6 cm³/mol. The van der Waals surface area contributed by atoms with Crippen molar-refractivity contribution in [2.45, 2.75) is 6.18 Å².